The van der Waals surface area contributed by atoms with Gasteiger partial charge >= 0.3 is 0 Å². The number of carbonyl (C=O) groups is 1. The Balaban J connectivity index is 1.50. The molecule has 4 nitrogen and oxygen atoms in total. The minimum Gasteiger partial charge on any atom is -0.431 e. The number of nitrogens with one attached hydrogen (secondary N) is 1. The first kappa shape index (κ1) is 16.8. The lowest BCUT2D eigenvalue weighted by Gasteiger charge is -2.04. The maximum absolute atomic E-state index is 13.2. The number of Topliss-reactive ketones (excluding diaryl/α,β-unsaturated/α-hetero) is 1. The van der Waals surface area contributed by atoms with Gasteiger partial charge in [0, 0.05) is 10.9 Å². The second kappa shape index (κ2) is 7.02. The highest BCUT2D eigenvalue weighted by Crippen LogP contribution is 2.32. The summed E-state index contributed by atoms with van der Waals surface area (Å²) < 4.78 is 5.73. The number of hydrogen-bond donors (Lipinski definition) is 1. The Hall–Kier alpha value is -3.31. The molecular formula is C23H16N2O2S. The van der Waals surface area contributed by atoms with Gasteiger partial charge in [0.2, 0.25) is 0 Å². The first-order valence-electron chi connectivity index (χ1n) is 8.97. The summed E-state index contributed by atoms with van der Waals surface area (Å²) in [6.45, 7) is 0. The Bertz CT molecular complexity index is 1250. The summed E-state index contributed by atoms with van der Waals surface area (Å²) in [5.41, 5.74) is 5.05. The maximum Gasteiger partial charge on any atom is 0.257 e. The van der Waals surface area contributed by atoms with Crippen molar-refractivity contribution in [1.29, 1.82) is 0 Å². The second-order valence-corrected chi connectivity index (χ2v) is 7.37. The highest BCUT2D eigenvalue weighted by atomic mass is 32.2. The van der Waals surface area contributed by atoms with E-state index in [0.29, 0.717) is 10.8 Å². The van der Waals surface area contributed by atoms with E-state index < -0.39 is 0 Å². The number of oxazole rings is 1. The van der Waals surface area contributed by atoms with E-state index in [1.807, 2.05) is 78.9 Å². The zero-order valence-corrected chi connectivity index (χ0v) is 15.7. The van der Waals surface area contributed by atoms with Gasteiger partial charge in [-0.3, -0.25) is 4.79 Å². The van der Waals surface area contributed by atoms with Crippen LogP contribution in [-0.2, 0) is 0 Å². The molecule has 1 N–H and O–H groups in total. The van der Waals surface area contributed by atoms with Crippen LogP contribution in [0.2, 0.25) is 0 Å². The Kier molecular flexibility index (Phi) is 4.22. The third kappa shape index (κ3) is 3.00. The van der Waals surface area contributed by atoms with Crippen LogP contribution in [0.4, 0.5) is 0 Å². The largest absolute Gasteiger partial charge is 0.431 e. The van der Waals surface area contributed by atoms with E-state index in [9.17, 15) is 4.79 Å². The molecule has 0 unspecified atom stereocenters. The van der Waals surface area contributed by atoms with Crippen molar-refractivity contribution >= 4 is 39.5 Å². The molecule has 0 radical (unpaired) electrons. The molecule has 5 aromatic rings. The normalized spacial score (nSPS) is 11.3. The predicted octanol–water partition coefficient (Wildman–Crippen LogP) is 5.95. The second-order valence-electron chi connectivity index (χ2n) is 6.45. The van der Waals surface area contributed by atoms with Crippen LogP contribution in [0.1, 0.15) is 10.4 Å². The van der Waals surface area contributed by atoms with Crippen molar-refractivity contribution in [3.8, 4) is 11.3 Å². The highest BCUT2D eigenvalue weighted by molar-refractivity contribution is 7.99. The van der Waals surface area contributed by atoms with Crippen molar-refractivity contribution in [3.63, 3.8) is 0 Å². The number of benzene rings is 3. The summed E-state index contributed by atoms with van der Waals surface area (Å²) in [4.78, 5) is 21.0. The lowest BCUT2D eigenvalue weighted by Crippen LogP contribution is -2.03. The number of H-pyrrole nitrogens is 1. The number of aromatic amines is 1. The van der Waals surface area contributed by atoms with E-state index in [0.717, 1.165) is 33.3 Å². The molecule has 2 aromatic heterocycles. The maximum atomic E-state index is 13.2. The Morgan fingerprint density at radius 3 is 2.54 bits per heavy atom. The van der Waals surface area contributed by atoms with Gasteiger partial charge in [-0.1, -0.05) is 72.4 Å². The molecule has 2 heterocycles. The monoisotopic (exact) mass is 384 g/mol. The number of carbonyl (C=O) groups excluding carboxylic acids is 1. The van der Waals surface area contributed by atoms with Crippen LogP contribution >= 0.6 is 11.8 Å². The standard InChI is InChI=1S/C23H16N2O2S/c26-19(14-28-23-25-18-12-6-7-13-20(18)27-23)21-16-10-4-5-11-17(16)24-22(21)15-8-2-1-3-9-15/h1-13,24H,14H2. The molecule has 0 saturated carbocycles. The minimum atomic E-state index is 0.0450. The van der Waals surface area contributed by atoms with E-state index in [4.69, 9.17) is 4.42 Å². The molecule has 5 heteroatoms. The third-order valence-electron chi connectivity index (χ3n) is 4.65. The molecule has 136 valence electrons. The van der Waals surface area contributed by atoms with Gasteiger partial charge in [-0.15, -0.1) is 0 Å². The van der Waals surface area contributed by atoms with Gasteiger partial charge in [0.05, 0.1) is 17.0 Å². The van der Waals surface area contributed by atoms with Crippen LogP contribution in [0.5, 0.6) is 0 Å². The number of ketones is 1. The van der Waals surface area contributed by atoms with E-state index in [2.05, 4.69) is 9.97 Å². The SMILES string of the molecule is O=C(CSc1nc2ccccc2o1)c1c(-c2ccccc2)[nH]c2ccccc12. The molecule has 0 aliphatic carbocycles. The number of nitrogens with zero attached hydrogens (tertiary/aromatic N) is 1. The lowest BCUT2D eigenvalue weighted by atomic mass is 10.0. The van der Waals surface area contributed by atoms with Crippen LogP contribution in [-0.4, -0.2) is 21.5 Å². The van der Waals surface area contributed by atoms with Crippen molar-refractivity contribution in [2.45, 2.75) is 5.22 Å². The molecular weight excluding hydrogens is 368 g/mol. The molecule has 0 aliphatic heterocycles. The number of para-hydroxylation sites is 3. The average molecular weight is 384 g/mol. The summed E-state index contributed by atoms with van der Waals surface area (Å²) >= 11 is 1.32. The van der Waals surface area contributed by atoms with E-state index in [1.54, 1.807) is 0 Å². The number of aromatic nitrogens is 2. The van der Waals surface area contributed by atoms with Gasteiger partial charge in [-0.05, 0) is 23.8 Å². The molecule has 5 rings (SSSR count). The Labute approximate surface area is 165 Å². The van der Waals surface area contributed by atoms with E-state index >= 15 is 0 Å². The van der Waals surface area contributed by atoms with Crippen molar-refractivity contribution in [3.05, 3.63) is 84.4 Å². The molecule has 0 amide bonds. The van der Waals surface area contributed by atoms with Gasteiger partial charge in [-0.25, -0.2) is 4.98 Å². The summed E-state index contributed by atoms with van der Waals surface area (Å²) in [6.07, 6.45) is 0. The van der Waals surface area contributed by atoms with Gasteiger partial charge in [0.15, 0.2) is 11.4 Å². The van der Waals surface area contributed by atoms with Crippen LogP contribution in [0, 0.1) is 0 Å². The van der Waals surface area contributed by atoms with Gasteiger partial charge in [0.25, 0.3) is 5.22 Å². The first-order chi connectivity index (χ1) is 13.8. The molecule has 0 spiro atoms. The van der Waals surface area contributed by atoms with Crippen molar-refractivity contribution in [2.24, 2.45) is 0 Å². The summed E-state index contributed by atoms with van der Waals surface area (Å²) in [6, 6.07) is 25.4. The summed E-state index contributed by atoms with van der Waals surface area (Å²) in [5.74, 6) is 0.303. The highest BCUT2D eigenvalue weighted by Gasteiger charge is 2.20. The third-order valence-corrected chi connectivity index (χ3v) is 5.48. The number of thioether (sulfide) groups is 1. The molecule has 0 aliphatic rings. The van der Waals surface area contributed by atoms with Gasteiger partial charge in [0.1, 0.15) is 5.52 Å². The minimum absolute atomic E-state index is 0.0450. The molecule has 0 saturated heterocycles. The molecule has 0 atom stereocenters. The van der Waals surface area contributed by atoms with Crippen molar-refractivity contribution in [1.82, 2.24) is 9.97 Å². The molecule has 28 heavy (non-hydrogen) atoms. The summed E-state index contributed by atoms with van der Waals surface area (Å²) in [7, 11) is 0. The zero-order valence-electron chi connectivity index (χ0n) is 14.9. The van der Waals surface area contributed by atoms with Crippen molar-refractivity contribution < 1.29 is 9.21 Å². The van der Waals surface area contributed by atoms with Crippen LogP contribution in [0.15, 0.2) is 88.5 Å². The molecule has 0 bridgehead atoms. The van der Waals surface area contributed by atoms with Crippen molar-refractivity contribution in [2.75, 3.05) is 5.75 Å². The fourth-order valence-electron chi connectivity index (χ4n) is 3.37. The van der Waals surface area contributed by atoms with Gasteiger partial charge < -0.3 is 9.40 Å². The van der Waals surface area contributed by atoms with E-state index in [-0.39, 0.29) is 11.5 Å². The van der Waals surface area contributed by atoms with Crippen LogP contribution < -0.4 is 0 Å². The zero-order chi connectivity index (χ0) is 18.9. The smallest absolute Gasteiger partial charge is 0.257 e. The topological polar surface area (TPSA) is 58.9 Å². The number of rotatable bonds is 5. The molecule has 3 aromatic carbocycles. The lowest BCUT2D eigenvalue weighted by molar-refractivity contribution is 0.102. The number of hydrogen-bond acceptors (Lipinski definition) is 4. The Morgan fingerprint density at radius 1 is 0.929 bits per heavy atom. The fraction of sp³-hybridized carbons (Fsp3) is 0.0435. The van der Waals surface area contributed by atoms with Crippen LogP contribution in [0.3, 0.4) is 0 Å². The fourth-order valence-corrected chi connectivity index (χ4v) is 4.08. The first-order valence-corrected chi connectivity index (χ1v) is 9.96. The Morgan fingerprint density at radius 2 is 1.68 bits per heavy atom. The number of fused-ring (bicyclic) bond motifs is 2. The average Bonchev–Trinajstić information content (AvgIpc) is 3.34. The predicted molar refractivity (Wildman–Crippen MR) is 113 cm³/mol. The quantitative estimate of drug-likeness (QED) is 0.300. The summed E-state index contributed by atoms with van der Waals surface area (Å²) in [5, 5.41) is 1.44. The van der Waals surface area contributed by atoms with Crippen LogP contribution in [0.25, 0.3) is 33.3 Å². The van der Waals surface area contributed by atoms with Gasteiger partial charge in [-0.2, -0.15) is 0 Å². The molecule has 0 fully saturated rings. The van der Waals surface area contributed by atoms with E-state index in [1.165, 1.54) is 11.8 Å².